The first-order chi connectivity index (χ1) is 12.0. The summed E-state index contributed by atoms with van der Waals surface area (Å²) in [5, 5.41) is 1.84. The molecule has 1 heterocycles. The maximum atomic E-state index is 12.9. The van der Waals surface area contributed by atoms with Crippen molar-refractivity contribution in [3.8, 4) is 5.75 Å². The van der Waals surface area contributed by atoms with E-state index in [1.807, 2.05) is 5.38 Å². The topological polar surface area (TPSA) is 67.4 Å². The zero-order valence-corrected chi connectivity index (χ0v) is 14.6. The minimum absolute atomic E-state index is 0.318. The molecular formula is C18H19FN2O3S. The van der Waals surface area contributed by atoms with Gasteiger partial charge in [-0.1, -0.05) is 0 Å². The lowest BCUT2D eigenvalue weighted by Gasteiger charge is -2.16. The molecule has 0 saturated carbocycles. The Kier molecular flexibility index (Phi) is 5.33. The molecule has 3 rings (SSSR count). The van der Waals surface area contributed by atoms with Crippen molar-refractivity contribution in [3.63, 3.8) is 0 Å². The van der Waals surface area contributed by atoms with Crippen LogP contribution in [0.4, 0.5) is 4.39 Å². The van der Waals surface area contributed by atoms with Crippen molar-refractivity contribution in [3.05, 3.63) is 51.5 Å². The zero-order valence-electron chi connectivity index (χ0n) is 13.8. The molecule has 5 nitrogen and oxygen atoms in total. The molecule has 0 aliphatic heterocycles. The Hall–Kier alpha value is -2.41. The van der Waals surface area contributed by atoms with Crippen LogP contribution in [0.3, 0.4) is 0 Å². The van der Waals surface area contributed by atoms with Gasteiger partial charge < -0.3 is 4.74 Å². The summed E-state index contributed by atoms with van der Waals surface area (Å²) in [4.78, 5) is 25.6. The van der Waals surface area contributed by atoms with E-state index in [9.17, 15) is 14.0 Å². The third-order valence-electron chi connectivity index (χ3n) is 4.10. The molecule has 2 N–H and O–H groups in total. The number of fused-ring (bicyclic) bond motifs is 1. The molecule has 7 heteroatoms. The minimum atomic E-state index is -0.831. The maximum absolute atomic E-state index is 12.9. The number of carbonyl (C=O) groups excluding carboxylic acids is 2. The second-order valence-electron chi connectivity index (χ2n) is 5.92. The SMILES string of the molecule is CC(Oc1ccc(F)cc1)C(=O)NNC(=O)c1csc2c1CCCC2. The number of hydrogen-bond donors (Lipinski definition) is 2. The van der Waals surface area contributed by atoms with Crippen molar-refractivity contribution in [2.45, 2.75) is 38.7 Å². The highest BCUT2D eigenvalue weighted by Gasteiger charge is 2.21. The Morgan fingerprint density at radius 2 is 1.88 bits per heavy atom. The first-order valence-corrected chi connectivity index (χ1v) is 9.04. The van der Waals surface area contributed by atoms with Gasteiger partial charge in [-0.2, -0.15) is 0 Å². The number of nitrogens with one attached hydrogen (secondary N) is 2. The van der Waals surface area contributed by atoms with E-state index in [4.69, 9.17) is 4.74 Å². The highest BCUT2D eigenvalue weighted by atomic mass is 32.1. The van der Waals surface area contributed by atoms with Gasteiger partial charge in [0.05, 0.1) is 5.56 Å². The number of hydrogen-bond acceptors (Lipinski definition) is 4. The number of rotatable bonds is 4. The second-order valence-corrected chi connectivity index (χ2v) is 6.88. The van der Waals surface area contributed by atoms with Crippen molar-refractivity contribution < 1.29 is 18.7 Å². The quantitative estimate of drug-likeness (QED) is 0.822. The van der Waals surface area contributed by atoms with Gasteiger partial charge in [-0.3, -0.25) is 20.4 Å². The molecule has 2 amide bonds. The van der Waals surface area contributed by atoms with E-state index in [-0.39, 0.29) is 11.7 Å². The summed E-state index contributed by atoms with van der Waals surface area (Å²) in [6, 6.07) is 5.38. The van der Waals surface area contributed by atoms with E-state index in [1.54, 1.807) is 18.3 Å². The Balaban J connectivity index is 1.53. The van der Waals surface area contributed by atoms with Gasteiger partial charge in [0.15, 0.2) is 6.10 Å². The average Bonchev–Trinajstić information content (AvgIpc) is 3.05. The average molecular weight is 362 g/mol. The van der Waals surface area contributed by atoms with Crippen LogP contribution in [0.15, 0.2) is 29.6 Å². The predicted octanol–water partition coefficient (Wildman–Crippen LogP) is 2.99. The molecule has 1 atom stereocenters. The predicted molar refractivity (Wildman–Crippen MR) is 93.1 cm³/mol. The molecule has 2 aromatic rings. The molecule has 0 bridgehead atoms. The van der Waals surface area contributed by atoms with Crippen LogP contribution in [0, 0.1) is 5.82 Å². The van der Waals surface area contributed by atoms with Gasteiger partial charge in [0.1, 0.15) is 11.6 Å². The van der Waals surface area contributed by atoms with Crippen LogP contribution in [0.25, 0.3) is 0 Å². The first-order valence-electron chi connectivity index (χ1n) is 8.16. The Labute approximate surface area is 149 Å². The number of aryl methyl sites for hydroxylation is 1. The summed E-state index contributed by atoms with van der Waals surface area (Å²) < 4.78 is 18.3. The number of thiophene rings is 1. The highest BCUT2D eigenvalue weighted by molar-refractivity contribution is 7.10. The molecule has 1 aliphatic rings. The van der Waals surface area contributed by atoms with Crippen molar-refractivity contribution in [1.29, 1.82) is 0 Å². The molecule has 25 heavy (non-hydrogen) atoms. The highest BCUT2D eigenvalue weighted by Crippen LogP contribution is 2.29. The lowest BCUT2D eigenvalue weighted by molar-refractivity contribution is -0.128. The van der Waals surface area contributed by atoms with Crippen LogP contribution in [0.5, 0.6) is 5.75 Å². The number of halogens is 1. The number of hydrazine groups is 1. The largest absolute Gasteiger partial charge is 0.481 e. The summed E-state index contributed by atoms with van der Waals surface area (Å²) in [6.07, 6.45) is 3.33. The Morgan fingerprint density at radius 1 is 1.16 bits per heavy atom. The van der Waals surface area contributed by atoms with Crippen molar-refractivity contribution in [1.82, 2.24) is 10.9 Å². The molecule has 0 fully saturated rings. The molecule has 132 valence electrons. The fourth-order valence-corrected chi connectivity index (χ4v) is 3.87. The van der Waals surface area contributed by atoms with E-state index >= 15 is 0 Å². The zero-order chi connectivity index (χ0) is 17.8. The molecule has 0 spiro atoms. The molecule has 0 saturated heterocycles. The third-order valence-corrected chi connectivity index (χ3v) is 5.19. The minimum Gasteiger partial charge on any atom is -0.481 e. The van der Waals surface area contributed by atoms with Gasteiger partial charge in [-0.05, 0) is 62.4 Å². The van der Waals surface area contributed by atoms with Crippen LogP contribution >= 0.6 is 11.3 Å². The molecule has 1 unspecified atom stereocenters. The summed E-state index contributed by atoms with van der Waals surface area (Å²) in [7, 11) is 0. The van der Waals surface area contributed by atoms with E-state index in [0.29, 0.717) is 11.3 Å². The van der Waals surface area contributed by atoms with Gasteiger partial charge >= 0.3 is 0 Å². The van der Waals surface area contributed by atoms with E-state index in [0.717, 1.165) is 31.2 Å². The lowest BCUT2D eigenvalue weighted by atomic mass is 9.96. The summed E-state index contributed by atoms with van der Waals surface area (Å²) in [5.41, 5.74) is 6.54. The fourth-order valence-electron chi connectivity index (χ4n) is 2.74. The van der Waals surface area contributed by atoms with Crippen LogP contribution in [-0.2, 0) is 17.6 Å². The van der Waals surface area contributed by atoms with Crippen molar-refractivity contribution >= 4 is 23.2 Å². The molecular weight excluding hydrogens is 343 g/mol. The molecule has 1 aliphatic carbocycles. The van der Waals surface area contributed by atoms with E-state index < -0.39 is 12.0 Å². The second kappa shape index (κ2) is 7.65. The van der Waals surface area contributed by atoms with Crippen LogP contribution in [-0.4, -0.2) is 17.9 Å². The molecule has 0 radical (unpaired) electrons. The van der Waals surface area contributed by atoms with E-state index in [1.165, 1.54) is 29.1 Å². The standard InChI is InChI=1S/C18H19FN2O3S/c1-11(24-13-8-6-12(19)7-9-13)17(22)20-21-18(23)15-10-25-16-5-3-2-4-14(15)16/h6-11H,2-5H2,1H3,(H,20,22)(H,21,23). The maximum Gasteiger partial charge on any atom is 0.279 e. The van der Waals surface area contributed by atoms with Crippen LogP contribution < -0.4 is 15.6 Å². The van der Waals surface area contributed by atoms with Crippen molar-refractivity contribution in [2.75, 3.05) is 0 Å². The normalized spacial score (nSPS) is 14.3. The van der Waals surface area contributed by atoms with Gasteiger partial charge in [0.2, 0.25) is 0 Å². The van der Waals surface area contributed by atoms with Gasteiger partial charge in [0, 0.05) is 10.3 Å². The van der Waals surface area contributed by atoms with Crippen molar-refractivity contribution in [2.24, 2.45) is 0 Å². The monoisotopic (exact) mass is 362 g/mol. The summed E-state index contributed by atoms with van der Waals surface area (Å²) in [6.45, 7) is 1.55. The molecule has 1 aromatic heterocycles. The first kappa shape index (κ1) is 17.4. The van der Waals surface area contributed by atoms with Gasteiger partial charge in [0.25, 0.3) is 11.8 Å². The summed E-state index contributed by atoms with van der Waals surface area (Å²) in [5.74, 6) is -0.804. The smallest absolute Gasteiger partial charge is 0.279 e. The Morgan fingerprint density at radius 3 is 2.64 bits per heavy atom. The number of ether oxygens (including phenoxy) is 1. The van der Waals surface area contributed by atoms with Crippen LogP contribution in [0.1, 0.15) is 40.6 Å². The number of benzene rings is 1. The van der Waals surface area contributed by atoms with Gasteiger partial charge in [-0.15, -0.1) is 11.3 Å². The molecule has 1 aromatic carbocycles. The third kappa shape index (κ3) is 4.17. The van der Waals surface area contributed by atoms with E-state index in [2.05, 4.69) is 10.9 Å². The van der Waals surface area contributed by atoms with Gasteiger partial charge in [-0.25, -0.2) is 4.39 Å². The van der Waals surface area contributed by atoms with Crippen LogP contribution in [0.2, 0.25) is 0 Å². The number of amides is 2. The fraction of sp³-hybridized carbons (Fsp3) is 0.333. The number of carbonyl (C=O) groups is 2. The lowest BCUT2D eigenvalue weighted by Crippen LogP contribution is -2.47. The summed E-state index contributed by atoms with van der Waals surface area (Å²) >= 11 is 1.59. The Bertz CT molecular complexity index is 773.